The molecule has 4 rings (SSSR count). The van der Waals surface area contributed by atoms with Crippen LogP contribution in [0.5, 0.6) is 0 Å². The van der Waals surface area contributed by atoms with Crippen molar-refractivity contribution in [2.45, 2.75) is 30.7 Å². The summed E-state index contributed by atoms with van der Waals surface area (Å²) in [4.78, 5) is 16.8. The Hall–Kier alpha value is -2.78. The largest absolute Gasteiger partial charge is 0.339 e. The summed E-state index contributed by atoms with van der Waals surface area (Å²) in [6.07, 6.45) is 3.64. The Labute approximate surface area is 162 Å². The fourth-order valence-corrected chi connectivity index (χ4v) is 4.86. The van der Waals surface area contributed by atoms with Crippen LogP contribution in [0.3, 0.4) is 0 Å². The van der Waals surface area contributed by atoms with Gasteiger partial charge in [0.1, 0.15) is 4.90 Å². The monoisotopic (exact) mass is 400 g/mol. The van der Waals surface area contributed by atoms with Gasteiger partial charge in [-0.05, 0) is 30.5 Å². The molecule has 0 saturated carbocycles. The Kier molecular flexibility index (Phi) is 5.10. The molecule has 3 heterocycles. The van der Waals surface area contributed by atoms with Crippen LogP contribution in [-0.2, 0) is 23.0 Å². The topological polar surface area (TPSA) is 98.3 Å². The Morgan fingerprint density at radius 2 is 1.79 bits per heavy atom. The van der Waals surface area contributed by atoms with Crippen LogP contribution in [0, 0.1) is 0 Å². The lowest BCUT2D eigenvalue weighted by atomic mass is 10.1. The summed E-state index contributed by atoms with van der Waals surface area (Å²) in [5, 5.41) is 3.91. The molecule has 2 aromatic heterocycles. The minimum atomic E-state index is -3.78. The van der Waals surface area contributed by atoms with Gasteiger partial charge < -0.3 is 9.09 Å². The lowest BCUT2D eigenvalue weighted by molar-refractivity contribution is 0.378. The molecule has 0 bridgehead atoms. The van der Waals surface area contributed by atoms with Crippen LogP contribution in [0.2, 0.25) is 0 Å². The SMILES string of the molecule is O=c1c(S(=O)(=O)N2CCCC2)cccn1Cc1noc(Cc2ccccc2)n1. The standard InChI is InChI=1S/C19H20N4O4S/c24-19-16(28(25,26)23-11-4-5-12-23)9-6-10-22(19)14-17-20-18(27-21-17)13-15-7-2-1-3-8-15/h1-3,6-10H,4-5,11-14H2. The summed E-state index contributed by atoms with van der Waals surface area (Å²) in [6.45, 7) is 0.940. The van der Waals surface area contributed by atoms with Crippen LogP contribution in [0.1, 0.15) is 30.1 Å². The van der Waals surface area contributed by atoms with Crippen LogP contribution in [0.15, 0.2) is 62.9 Å². The van der Waals surface area contributed by atoms with E-state index < -0.39 is 15.6 Å². The second-order valence-corrected chi connectivity index (χ2v) is 8.59. The molecule has 1 aliphatic heterocycles. The van der Waals surface area contributed by atoms with Crippen molar-refractivity contribution in [3.8, 4) is 0 Å². The van der Waals surface area contributed by atoms with E-state index in [-0.39, 0.29) is 11.4 Å². The zero-order valence-corrected chi connectivity index (χ0v) is 16.0. The van der Waals surface area contributed by atoms with Crippen molar-refractivity contribution in [3.05, 3.63) is 76.3 Å². The summed E-state index contributed by atoms with van der Waals surface area (Å²) in [5.74, 6) is 0.763. The van der Waals surface area contributed by atoms with Gasteiger partial charge in [0.05, 0.1) is 13.0 Å². The highest BCUT2D eigenvalue weighted by molar-refractivity contribution is 7.89. The maximum Gasteiger partial charge on any atom is 0.271 e. The van der Waals surface area contributed by atoms with E-state index >= 15 is 0 Å². The molecule has 1 fully saturated rings. The van der Waals surface area contributed by atoms with Gasteiger partial charge in [-0.25, -0.2) is 8.42 Å². The predicted octanol–water partition coefficient (Wildman–Crippen LogP) is 1.65. The molecule has 8 nitrogen and oxygen atoms in total. The zero-order valence-electron chi connectivity index (χ0n) is 15.2. The van der Waals surface area contributed by atoms with Gasteiger partial charge in [-0.3, -0.25) is 4.79 Å². The highest BCUT2D eigenvalue weighted by Gasteiger charge is 2.29. The molecule has 146 valence electrons. The average Bonchev–Trinajstić information content (AvgIpc) is 3.37. The summed E-state index contributed by atoms with van der Waals surface area (Å²) in [6, 6.07) is 12.6. The third-order valence-corrected chi connectivity index (χ3v) is 6.60. The van der Waals surface area contributed by atoms with E-state index in [1.807, 2.05) is 30.3 Å². The molecule has 1 aliphatic rings. The van der Waals surface area contributed by atoms with E-state index in [0.29, 0.717) is 31.2 Å². The first-order valence-electron chi connectivity index (χ1n) is 9.09. The maximum absolute atomic E-state index is 12.7. The minimum absolute atomic E-state index is 0.0421. The van der Waals surface area contributed by atoms with Gasteiger partial charge in [0.25, 0.3) is 5.56 Å². The fraction of sp³-hybridized carbons (Fsp3) is 0.316. The Balaban J connectivity index is 1.55. The van der Waals surface area contributed by atoms with E-state index in [4.69, 9.17) is 4.52 Å². The molecule has 0 radical (unpaired) electrons. The van der Waals surface area contributed by atoms with E-state index in [9.17, 15) is 13.2 Å². The average molecular weight is 400 g/mol. The highest BCUT2D eigenvalue weighted by atomic mass is 32.2. The second-order valence-electron chi connectivity index (χ2n) is 6.68. The molecule has 0 atom stereocenters. The van der Waals surface area contributed by atoms with Crippen LogP contribution in [-0.4, -0.2) is 40.5 Å². The third kappa shape index (κ3) is 3.76. The van der Waals surface area contributed by atoms with Gasteiger partial charge in [0.2, 0.25) is 15.9 Å². The number of pyridine rings is 1. The van der Waals surface area contributed by atoms with Crippen molar-refractivity contribution in [1.82, 2.24) is 19.0 Å². The quantitative estimate of drug-likeness (QED) is 0.624. The molecular weight excluding hydrogens is 380 g/mol. The first kappa shape index (κ1) is 18.6. The summed E-state index contributed by atoms with van der Waals surface area (Å²) >= 11 is 0. The fourth-order valence-electron chi connectivity index (χ4n) is 3.25. The molecule has 0 unspecified atom stereocenters. The van der Waals surface area contributed by atoms with Gasteiger partial charge in [-0.15, -0.1) is 0 Å². The number of nitrogens with zero attached hydrogens (tertiary/aromatic N) is 4. The molecule has 9 heteroatoms. The summed E-state index contributed by atoms with van der Waals surface area (Å²) in [7, 11) is -3.78. The van der Waals surface area contributed by atoms with Crippen molar-refractivity contribution in [1.29, 1.82) is 0 Å². The van der Waals surface area contributed by atoms with E-state index in [0.717, 1.165) is 18.4 Å². The van der Waals surface area contributed by atoms with E-state index in [2.05, 4.69) is 10.1 Å². The first-order valence-corrected chi connectivity index (χ1v) is 10.5. The van der Waals surface area contributed by atoms with Gasteiger partial charge >= 0.3 is 0 Å². The number of hydrogen-bond donors (Lipinski definition) is 0. The van der Waals surface area contributed by atoms with Crippen molar-refractivity contribution >= 4 is 10.0 Å². The number of aromatic nitrogens is 3. The lowest BCUT2D eigenvalue weighted by Gasteiger charge is -2.15. The maximum atomic E-state index is 12.7. The van der Waals surface area contributed by atoms with Gasteiger partial charge in [-0.2, -0.15) is 9.29 Å². The molecule has 3 aromatic rings. The minimum Gasteiger partial charge on any atom is -0.339 e. The number of hydrogen-bond acceptors (Lipinski definition) is 6. The molecule has 1 aromatic carbocycles. The molecule has 0 spiro atoms. The van der Waals surface area contributed by atoms with Crippen molar-refractivity contribution in [3.63, 3.8) is 0 Å². The molecule has 28 heavy (non-hydrogen) atoms. The Morgan fingerprint density at radius 3 is 2.54 bits per heavy atom. The predicted molar refractivity (Wildman–Crippen MR) is 101 cm³/mol. The van der Waals surface area contributed by atoms with Crippen molar-refractivity contribution in [2.24, 2.45) is 0 Å². The van der Waals surface area contributed by atoms with Crippen LogP contribution >= 0.6 is 0 Å². The number of rotatable bonds is 6. The lowest BCUT2D eigenvalue weighted by Crippen LogP contribution is -2.34. The molecule has 0 aliphatic carbocycles. The molecular formula is C19H20N4O4S. The van der Waals surface area contributed by atoms with Gasteiger partial charge in [-0.1, -0.05) is 35.5 Å². The normalized spacial score (nSPS) is 15.1. The van der Waals surface area contributed by atoms with E-state index in [1.54, 1.807) is 6.07 Å². The second kappa shape index (κ2) is 7.69. The van der Waals surface area contributed by atoms with Crippen molar-refractivity contribution in [2.75, 3.05) is 13.1 Å². The van der Waals surface area contributed by atoms with Gasteiger partial charge in [0, 0.05) is 19.3 Å². The van der Waals surface area contributed by atoms with Crippen LogP contribution in [0.25, 0.3) is 0 Å². The summed E-state index contributed by atoms with van der Waals surface area (Å²) in [5.41, 5.74) is 0.456. The number of sulfonamides is 1. The molecule has 1 saturated heterocycles. The first-order chi connectivity index (χ1) is 13.5. The Morgan fingerprint density at radius 1 is 1.04 bits per heavy atom. The van der Waals surface area contributed by atoms with Crippen LogP contribution < -0.4 is 5.56 Å². The summed E-state index contributed by atoms with van der Waals surface area (Å²) < 4.78 is 33.4. The van der Waals surface area contributed by atoms with Crippen molar-refractivity contribution < 1.29 is 12.9 Å². The Bertz CT molecular complexity index is 1120. The number of benzene rings is 1. The van der Waals surface area contributed by atoms with E-state index in [1.165, 1.54) is 21.1 Å². The van der Waals surface area contributed by atoms with Gasteiger partial charge in [0.15, 0.2) is 5.82 Å². The van der Waals surface area contributed by atoms with Crippen LogP contribution in [0.4, 0.5) is 0 Å². The highest BCUT2D eigenvalue weighted by Crippen LogP contribution is 2.18. The smallest absolute Gasteiger partial charge is 0.271 e. The molecule has 0 N–H and O–H groups in total. The molecule has 0 amide bonds. The zero-order chi connectivity index (χ0) is 19.6. The third-order valence-electron chi connectivity index (χ3n) is 4.69.